The minimum Gasteiger partial charge on any atom is -0.378 e. The Morgan fingerprint density at radius 1 is 0.618 bits per heavy atom. The summed E-state index contributed by atoms with van der Waals surface area (Å²) in [6.45, 7) is 9.38. The first kappa shape index (κ1) is 28.2. The molecule has 4 nitrogen and oxygen atoms in total. The van der Waals surface area contributed by atoms with Gasteiger partial charge in [-0.3, -0.25) is 0 Å². The summed E-state index contributed by atoms with van der Waals surface area (Å²) >= 11 is 0. The van der Waals surface area contributed by atoms with Crippen LogP contribution in [0.5, 0.6) is 0 Å². The zero-order valence-corrected chi connectivity index (χ0v) is 22.2. The molecule has 34 heavy (non-hydrogen) atoms. The molecular weight excluding hydrogens is 424 g/mol. The summed E-state index contributed by atoms with van der Waals surface area (Å²) in [6.07, 6.45) is 24.7. The maximum Gasteiger partial charge on any atom is 0.0856 e. The van der Waals surface area contributed by atoms with E-state index < -0.39 is 0 Å². The molecule has 3 aliphatic rings. The Kier molecular flexibility index (Phi) is 14.2. The molecule has 3 fully saturated rings. The third kappa shape index (κ3) is 11.1. The average Bonchev–Trinajstić information content (AvgIpc) is 2.87. The number of hydrogen-bond donors (Lipinski definition) is 0. The fraction of sp³-hybridized carbons (Fsp3) is 0.933. The second-order valence-electron chi connectivity index (χ2n) is 11.5. The molecule has 3 aliphatic carbocycles. The lowest BCUT2D eigenvalue weighted by molar-refractivity contribution is -0.301. The van der Waals surface area contributed by atoms with Crippen LogP contribution in [0.25, 0.3) is 0 Å². The normalized spacial score (nSPS) is 32.5. The van der Waals surface area contributed by atoms with E-state index >= 15 is 0 Å². The Morgan fingerprint density at radius 2 is 1.15 bits per heavy atom. The second-order valence-corrected chi connectivity index (χ2v) is 11.5. The third-order valence-corrected chi connectivity index (χ3v) is 8.78. The summed E-state index contributed by atoms with van der Waals surface area (Å²) in [4.78, 5) is 10.6. The molecule has 4 heteroatoms. The van der Waals surface area contributed by atoms with E-state index in [9.17, 15) is 0 Å². The van der Waals surface area contributed by atoms with Crippen molar-refractivity contribution < 1.29 is 19.2 Å². The van der Waals surface area contributed by atoms with Gasteiger partial charge in [-0.05, 0) is 120 Å². The van der Waals surface area contributed by atoms with Gasteiger partial charge in [0.2, 0.25) is 0 Å². The van der Waals surface area contributed by atoms with Crippen LogP contribution in [-0.4, -0.2) is 38.6 Å². The molecule has 0 aliphatic heterocycles. The van der Waals surface area contributed by atoms with Crippen LogP contribution in [0.3, 0.4) is 0 Å². The number of unbranched alkanes of at least 4 members (excludes halogenated alkanes) is 3. The fourth-order valence-corrected chi connectivity index (χ4v) is 6.34. The van der Waals surface area contributed by atoms with Crippen molar-refractivity contribution >= 4 is 0 Å². The first-order valence-electron chi connectivity index (χ1n) is 14.8. The summed E-state index contributed by atoms with van der Waals surface area (Å²) in [5.74, 6) is 3.45. The van der Waals surface area contributed by atoms with Gasteiger partial charge in [0.1, 0.15) is 0 Å². The van der Waals surface area contributed by atoms with Crippen LogP contribution in [0.4, 0.5) is 0 Å². The average molecular weight is 479 g/mol. The first-order valence-corrected chi connectivity index (χ1v) is 14.8. The monoisotopic (exact) mass is 478 g/mol. The maximum absolute atomic E-state index is 6.25. The molecule has 0 spiro atoms. The van der Waals surface area contributed by atoms with E-state index in [0.717, 1.165) is 44.0 Å². The first-order chi connectivity index (χ1) is 16.7. The Balaban J connectivity index is 1.11. The third-order valence-electron chi connectivity index (χ3n) is 8.78. The lowest BCUT2D eigenvalue weighted by Crippen LogP contribution is -2.29. The standard InChI is InChI=1S/C30H54O4/c1-3-4-23-33-34-24-26-11-13-27(14-12-26)28-15-19-30(20-16-28)32-22-8-6-5-7-21-31-29-17-9-25(2)10-18-29/h3,25-30H,1,4-24H2,2H3. The highest BCUT2D eigenvalue weighted by Crippen LogP contribution is 2.40. The summed E-state index contributed by atoms with van der Waals surface area (Å²) in [5.41, 5.74) is 0. The molecule has 0 aromatic carbocycles. The maximum atomic E-state index is 6.25. The van der Waals surface area contributed by atoms with Crippen molar-refractivity contribution in [2.24, 2.45) is 23.7 Å². The predicted octanol–water partition coefficient (Wildman–Crippen LogP) is 8.05. The van der Waals surface area contributed by atoms with Gasteiger partial charge in [-0.25, -0.2) is 9.78 Å². The smallest absolute Gasteiger partial charge is 0.0856 e. The van der Waals surface area contributed by atoms with Crippen molar-refractivity contribution in [3.05, 3.63) is 12.7 Å². The Labute approximate surface area is 210 Å². The highest BCUT2D eigenvalue weighted by atomic mass is 17.2. The van der Waals surface area contributed by atoms with Gasteiger partial charge in [-0.1, -0.05) is 25.8 Å². The molecule has 0 saturated heterocycles. The number of rotatable bonds is 16. The highest BCUT2D eigenvalue weighted by Gasteiger charge is 2.31. The second kappa shape index (κ2) is 17.1. The van der Waals surface area contributed by atoms with Gasteiger partial charge in [-0.15, -0.1) is 6.58 Å². The van der Waals surface area contributed by atoms with Gasteiger partial charge in [0.15, 0.2) is 0 Å². The van der Waals surface area contributed by atoms with E-state index in [1.165, 1.54) is 103 Å². The van der Waals surface area contributed by atoms with Gasteiger partial charge in [0.05, 0.1) is 25.4 Å². The van der Waals surface area contributed by atoms with E-state index in [0.29, 0.717) is 24.7 Å². The van der Waals surface area contributed by atoms with E-state index in [4.69, 9.17) is 19.2 Å². The minimum atomic E-state index is 0.519. The lowest BCUT2D eigenvalue weighted by Gasteiger charge is -2.37. The topological polar surface area (TPSA) is 36.9 Å². The Hall–Kier alpha value is -0.420. The predicted molar refractivity (Wildman–Crippen MR) is 140 cm³/mol. The van der Waals surface area contributed by atoms with E-state index in [1.54, 1.807) is 0 Å². The van der Waals surface area contributed by atoms with Crippen LogP contribution in [0.15, 0.2) is 12.7 Å². The minimum absolute atomic E-state index is 0.519. The van der Waals surface area contributed by atoms with Crippen molar-refractivity contribution in [2.45, 2.75) is 128 Å². The van der Waals surface area contributed by atoms with E-state index in [1.807, 2.05) is 6.08 Å². The van der Waals surface area contributed by atoms with Crippen molar-refractivity contribution in [1.29, 1.82) is 0 Å². The van der Waals surface area contributed by atoms with Crippen molar-refractivity contribution in [3.8, 4) is 0 Å². The van der Waals surface area contributed by atoms with Gasteiger partial charge in [-0.2, -0.15) is 0 Å². The van der Waals surface area contributed by atoms with E-state index in [-0.39, 0.29) is 0 Å². The SMILES string of the molecule is C=CCCOOCC1CCC(C2CCC(OCCCCCCOC3CCC(C)CC3)CC2)CC1. The molecule has 0 atom stereocenters. The van der Waals surface area contributed by atoms with Crippen molar-refractivity contribution in [1.82, 2.24) is 0 Å². The van der Waals surface area contributed by atoms with Crippen LogP contribution >= 0.6 is 0 Å². The van der Waals surface area contributed by atoms with Gasteiger partial charge in [0, 0.05) is 13.2 Å². The summed E-state index contributed by atoms with van der Waals surface area (Å²) in [6, 6.07) is 0. The van der Waals surface area contributed by atoms with Crippen LogP contribution in [-0.2, 0) is 19.2 Å². The summed E-state index contributed by atoms with van der Waals surface area (Å²) in [5, 5.41) is 0. The van der Waals surface area contributed by atoms with Gasteiger partial charge in [0.25, 0.3) is 0 Å². The molecule has 0 bridgehead atoms. The Bertz CT molecular complexity index is 500. The Morgan fingerprint density at radius 3 is 1.71 bits per heavy atom. The largest absolute Gasteiger partial charge is 0.378 e. The molecule has 0 aromatic heterocycles. The molecule has 0 amide bonds. The van der Waals surface area contributed by atoms with Crippen LogP contribution in [0, 0.1) is 23.7 Å². The molecular formula is C30H54O4. The summed E-state index contributed by atoms with van der Waals surface area (Å²) < 4.78 is 12.3. The fourth-order valence-electron chi connectivity index (χ4n) is 6.34. The highest BCUT2D eigenvalue weighted by molar-refractivity contribution is 4.82. The van der Waals surface area contributed by atoms with Crippen molar-refractivity contribution in [2.75, 3.05) is 26.4 Å². The zero-order chi connectivity index (χ0) is 23.8. The number of hydrogen-bond acceptors (Lipinski definition) is 4. The summed E-state index contributed by atoms with van der Waals surface area (Å²) in [7, 11) is 0. The van der Waals surface area contributed by atoms with E-state index in [2.05, 4.69) is 13.5 Å². The molecule has 0 N–H and O–H groups in total. The quantitative estimate of drug-likeness (QED) is 0.0973. The molecule has 198 valence electrons. The van der Waals surface area contributed by atoms with Gasteiger partial charge >= 0.3 is 0 Å². The van der Waals surface area contributed by atoms with Crippen molar-refractivity contribution in [3.63, 3.8) is 0 Å². The van der Waals surface area contributed by atoms with Crippen LogP contribution in [0.1, 0.15) is 116 Å². The lowest BCUT2D eigenvalue weighted by atomic mass is 9.71. The van der Waals surface area contributed by atoms with Crippen LogP contribution < -0.4 is 0 Å². The van der Waals surface area contributed by atoms with Gasteiger partial charge < -0.3 is 9.47 Å². The molecule has 3 saturated carbocycles. The molecule has 0 unspecified atom stereocenters. The molecule has 0 heterocycles. The molecule has 0 radical (unpaired) electrons. The number of ether oxygens (including phenoxy) is 2. The van der Waals surface area contributed by atoms with Crippen LogP contribution in [0.2, 0.25) is 0 Å². The molecule has 0 aromatic rings. The molecule has 3 rings (SSSR count). The zero-order valence-electron chi connectivity index (χ0n) is 22.2.